The zero-order valence-electron chi connectivity index (χ0n) is 14.5. The van der Waals surface area contributed by atoms with Crippen LogP contribution in [0.15, 0.2) is 24.5 Å². The maximum atomic E-state index is 13.0. The van der Waals surface area contributed by atoms with Gasteiger partial charge in [-0.2, -0.15) is 0 Å². The number of likely N-dealkylation sites (tertiary alicyclic amines) is 1. The second-order valence-corrected chi connectivity index (χ2v) is 8.34. The molecule has 4 aliphatic rings. The number of hydrogen-bond acceptors (Lipinski definition) is 5. The zero-order chi connectivity index (χ0) is 17.0. The molecule has 5 rings (SSSR count). The number of rotatable bonds is 2. The number of carbonyl (C=O) groups is 1. The lowest BCUT2D eigenvalue weighted by atomic mass is 9.79. The summed E-state index contributed by atoms with van der Waals surface area (Å²) in [4.78, 5) is 24.2. The van der Waals surface area contributed by atoms with E-state index in [4.69, 9.17) is 0 Å². The normalized spacial score (nSPS) is 32.3. The average molecular weight is 342 g/mol. The van der Waals surface area contributed by atoms with E-state index in [2.05, 4.69) is 14.8 Å². The first-order valence-corrected chi connectivity index (χ1v) is 9.53. The number of carbonyl (C=O) groups excluding carboxylic acids is 1. The van der Waals surface area contributed by atoms with E-state index in [0.29, 0.717) is 5.56 Å². The number of aliphatic hydroxyl groups excluding tert-OH is 1. The van der Waals surface area contributed by atoms with Crippen LogP contribution in [-0.2, 0) is 0 Å². The van der Waals surface area contributed by atoms with Crippen molar-refractivity contribution < 1.29 is 9.90 Å². The lowest BCUT2D eigenvalue weighted by molar-refractivity contribution is -0.128. The Morgan fingerprint density at radius 3 is 2.72 bits per heavy atom. The molecule has 1 aliphatic carbocycles. The highest BCUT2D eigenvalue weighted by Crippen LogP contribution is 2.42. The number of β-amino-alcohol motifs (C(OH)–C–C–N with tert-alkyl or cyclic N) is 1. The van der Waals surface area contributed by atoms with Gasteiger partial charge >= 0.3 is 0 Å². The predicted octanol–water partition coefficient (Wildman–Crippen LogP) is 0.579. The molecule has 6 heteroatoms. The number of pyridine rings is 1. The third-order valence-electron chi connectivity index (χ3n) is 6.70. The van der Waals surface area contributed by atoms with Gasteiger partial charge in [0.15, 0.2) is 0 Å². The Kier molecular flexibility index (Phi) is 3.62. The Bertz CT molecular complexity index is 657. The molecule has 0 aromatic carbocycles. The van der Waals surface area contributed by atoms with Crippen LogP contribution in [0.4, 0.5) is 0 Å². The molecule has 1 spiro atoms. The van der Waals surface area contributed by atoms with Gasteiger partial charge < -0.3 is 10.0 Å². The molecule has 0 radical (unpaired) electrons. The first-order chi connectivity index (χ1) is 12.1. The molecule has 1 saturated carbocycles. The van der Waals surface area contributed by atoms with Crippen molar-refractivity contribution in [3.8, 4) is 0 Å². The van der Waals surface area contributed by atoms with Gasteiger partial charge in [-0.1, -0.05) is 6.42 Å². The Labute approximate surface area is 148 Å². The number of hydrogen-bond donors (Lipinski definition) is 1. The van der Waals surface area contributed by atoms with Crippen molar-refractivity contribution in [1.29, 1.82) is 0 Å². The molecule has 3 aliphatic heterocycles. The van der Waals surface area contributed by atoms with Crippen LogP contribution in [0, 0.1) is 0 Å². The summed E-state index contributed by atoms with van der Waals surface area (Å²) in [6.45, 7) is 4.33. The van der Waals surface area contributed by atoms with Crippen LogP contribution in [0.25, 0.3) is 0 Å². The van der Waals surface area contributed by atoms with E-state index < -0.39 is 0 Å². The number of aliphatic hydroxyl groups is 1. The van der Waals surface area contributed by atoms with Crippen LogP contribution in [0.1, 0.15) is 36.0 Å². The van der Waals surface area contributed by atoms with Crippen molar-refractivity contribution in [3.63, 3.8) is 0 Å². The molecule has 134 valence electrons. The van der Waals surface area contributed by atoms with Gasteiger partial charge in [0.25, 0.3) is 5.91 Å². The highest BCUT2D eigenvalue weighted by atomic mass is 16.3. The first kappa shape index (κ1) is 15.7. The minimum absolute atomic E-state index is 0.0356. The number of piperazine rings is 1. The minimum atomic E-state index is -0.256. The summed E-state index contributed by atoms with van der Waals surface area (Å²) < 4.78 is 0. The van der Waals surface area contributed by atoms with Crippen LogP contribution < -0.4 is 0 Å². The van der Waals surface area contributed by atoms with E-state index in [1.807, 2.05) is 17.0 Å². The van der Waals surface area contributed by atoms with Crippen molar-refractivity contribution in [2.75, 3.05) is 32.7 Å². The minimum Gasteiger partial charge on any atom is -0.392 e. The first-order valence-electron chi connectivity index (χ1n) is 9.53. The lowest BCUT2D eigenvalue weighted by Crippen LogP contribution is -2.79. The number of amides is 1. The molecule has 4 fully saturated rings. The van der Waals surface area contributed by atoms with Gasteiger partial charge in [-0.3, -0.25) is 19.6 Å². The van der Waals surface area contributed by atoms with Crippen molar-refractivity contribution in [3.05, 3.63) is 30.1 Å². The summed E-state index contributed by atoms with van der Waals surface area (Å²) in [7, 11) is 0. The van der Waals surface area contributed by atoms with Crippen LogP contribution >= 0.6 is 0 Å². The molecule has 3 saturated heterocycles. The fraction of sp³-hybridized carbons (Fsp3) is 0.684. The largest absolute Gasteiger partial charge is 0.392 e. The van der Waals surface area contributed by atoms with Gasteiger partial charge in [0.1, 0.15) is 0 Å². The molecule has 0 bridgehead atoms. The number of fused-ring (bicyclic) bond motifs is 2. The molecule has 6 nitrogen and oxygen atoms in total. The third kappa shape index (κ3) is 2.50. The van der Waals surface area contributed by atoms with Crippen LogP contribution in [-0.4, -0.2) is 87.1 Å². The summed E-state index contributed by atoms with van der Waals surface area (Å²) in [5.74, 6) is 0.0793. The SMILES string of the molecule is O=C(c1cccnc1)N1C[C@@H]2C[C@@H](O)CN2C2(C1)CN(C1CCC1)C2. The summed E-state index contributed by atoms with van der Waals surface area (Å²) in [5, 5.41) is 10.2. The van der Waals surface area contributed by atoms with Crippen molar-refractivity contribution in [1.82, 2.24) is 19.7 Å². The highest BCUT2D eigenvalue weighted by molar-refractivity contribution is 5.94. The molecule has 25 heavy (non-hydrogen) atoms. The molecule has 1 aromatic rings. The van der Waals surface area contributed by atoms with Crippen molar-refractivity contribution in [2.24, 2.45) is 0 Å². The second kappa shape index (κ2) is 5.76. The highest BCUT2D eigenvalue weighted by Gasteiger charge is 2.57. The van der Waals surface area contributed by atoms with E-state index in [0.717, 1.165) is 45.2 Å². The molecule has 2 atom stereocenters. The van der Waals surface area contributed by atoms with Gasteiger partial charge in [-0.05, 0) is 31.4 Å². The predicted molar refractivity (Wildman–Crippen MR) is 93.2 cm³/mol. The fourth-order valence-corrected chi connectivity index (χ4v) is 5.24. The standard InChI is InChI=1S/C19H26N4O2/c24-17-7-16-9-21(18(25)14-3-2-6-20-8-14)11-19(23(16)10-17)12-22(13-19)15-4-1-5-15/h2-3,6,8,15-17,24H,1,4-5,7,9-13H2/t16-,17+/m0/s1. The van der Waals surface area contributed by atoms with E-state index in [1.54, 1.807) is 12.4 Å². The van der Waals surface area contributed by atoms with E-state index in [-0.39, 0.29) is 23.6 Å². The summed E-state index contributed by atoms with van der Waals surface area (Å²) >= 11 is 0. The van der Waals surface area contributed by atoms with E-state index >= 15 is 0 Å². The van der Waals surface area contributed by atoms with Gasteiger partial charge in [-0.25, -0.2) is 0 Å². The molecule has 4 heterocycles. The number of nitrogens with zero attached hydrogens (tertiary/aromatic N) is 4. The maximum Gasteiger partial charge on any atom is 0.255 e. The molecule has 1 amide bonds. The summed E-state index contributed by atoms with van der Waals surface area (Å²) in [5.41, 5.74) is 0.702. The molecular weight excluding hydrogens is 316 g/mol. The van der Waals surface area contributed by atoms with E-state index in [1.165, 1.54) is 19.3 Å². The maximum absolute atomic E-state index is 13.0. The van der Waals surface area contributed by atoms with Crippen molar-refractivity contribution >= 4 is 5.91 Å². The van der Waals surface area contributed by atoms with Gasteiger partial charge in [0.05, 0.1) is 17.2 Å². The smallest absolute Gasteiger partial charge is 0.255 e. The third-order valence-corrected chi connectivity index (χ3v) is 6.70. The zero-order valence-corrected chi connectivity index (χ0v) is 14.5. The Morgan fingerprint density at radius 2 is 2.04 bits per heavy atom. The molecule has 0 unspecified atom stereocenters. The Balaban J connectivity index is 1.37. The van der Waals surface area contributed by atoms with Crippen LogP contribution in [0.2, 0.25) is 0 Å². The fourth-order valence-electron chi connectivity index (χ4n) is 5.24. The van der Waals surface area contributed by atoms with Crippen LogP contribution in [0.3, 0.4) is 0 Å². The Hall–Kier alpha value is -1.50. The summed E-state index contributed by atoms with van der Waals surface area (Å²) in [6.07, 6.45) is 7.87. The van der Waals surface area contributed by atoms with Crippen LogP contribution in [0.5, 0.6) is 0 Å². The lowest BCUT2D eigenvalue weighted by Gasteiger charge is -2.63. The molecular formula is C19H26N4O2. The summed E-state index contributed by atoms with van der Waals surface area (Å²) in [6, 6.07) is 4.70. The topological polar surface area (TPSA) is 59.9 Å². The second-order valence-electron chi connectivity index (χ2n) is 8.34. The van der Waals surface area contributed by atoms with Gasteiger partial charge in [0, 0.05) is 57.2 Å². The monoisotopic (exact) mass is 342 g/mol. The van der Waals surface area contributed by atoms with Gasteiger partial charge in [-0.15, -0.1) is 0 Å². The molecule has 1 N–H and O–H groups in total. The molecule has 1 aromatic heterocycles. The van der Waals surface area contributed by atoms with Crippen molar-refractivity contribution in [2.45, 2.75) is 49.4 Å². The number of aromatic nitrogens is 1. The van der Waals surface area contributed by atoms with Gasteiger partial charge in [0.2, 0.25) is 0 Å². The average Bonchev–Trinajstić information content (AvgIpc) is 2.92. The Morgan fingerprint density at radius 1 is 1.20 bits per heavy atom. The van der Waals surface area contributed by atoms with E-state index in [9.17, 15) is 9.90 Å². The quantitative estimate of drug-likeness (QED) is 0.852.